The van der Waals surface area contributed by atoms with Gasteiger partial charge < -0.3 is 14.8 Å². The van der Waals surface area contributed by atoms with Gasteiger partial charge in [0, 0.05) is 36.3 Å². The molecule has 162 valence electrons. The SMILES string of the molecule is CCOc1ccc(NC(=O)Cc2csc(-c3cccc(CN4CCOCC4)c3)n2)cc1. The highest BCUT2D eigenvalue weighted by atomic mass is 32.1. The third-order valence-corrected chi connectivity index (χ3v) is 5.97. The minimum Gasteiger partial charge on any atom is -0.494 e. The van der Waals surface area contributed by atoms with E-state index in [1.54, 1.807) is 11.3 Å². The van der Waals surface area contributed by atoms with Crippen LogP contribution in [-0.4, -0.2) is 48.7 Å². The van der Waals surface area contributed by atoms with Crippen LogP contribution in [0.4, 0.5) is 5.69 Å². The molecule has 6 nitrogen and oxygen atoms in total. The summed E-state index contributed by atoms with van der Waals surface area (Å²) < 4.78 is 10.9. The van der Waals surface area contributed by atoms with Gasteiger partial charge in [-0.2, -0.15) is 0 Å². The van der Waals surface area contributed by atoms with Crippen molar-refractivity contribution in [2.24, 2.45) is 0 Å². The molecule has 3 aromatic rings. The second kappa shape index (κ2) is 10.5. The van der Waals surface area contributed by atoms with Gasteiger partial charge in [0.2, 0.25) is 5.91 Å². The number of nitrogens with one attached hydrogen (secondary N) is 1. The molecule has 0 atom stereocenters. The molecule has 2 aromatic carbocycles. The summed E-state index contributed by atoms with van der Waals surface area (Å²) in [5.74, 6) is 0.711. The quantitative estimate of drug-likeness (QED) is 0.572. The van der Waals surface area contributed by atoms with Gasteiger partial charge in [-0.3, -0.25) is 9.69 Å². The Morgan fingerprint density at radius 1 is 1.19 bits per heavy atom. The predicted molar refractivity (Wildman–Crippen MR) is 124 cm³/mol. The van der Waals surface area contributed by atoms with E-state index in [4.69, 9.17) is 14.5 Å². The summed E-state index contributed by atoms with van der Waals surface area (Å²) in [6.45, 7) is 7.01. The summed E-state index contributed by atoms with van der Waals surface area (Å²) in [6, 6.07) is 15.9. The summed E-state index contributed by atoms with van der Waals surface area (Å²) in [5, 5.41) is 5.82. The van der Waals surface area contributed by atoms with Gasteiger partial charge in [0.05, 0.1) is 31.9 Å². The Morgan fingerprint density at radius 2 is 2.00 bits per heavy atom. The Balaban J connectivity index is 1.35. The van der Waals surface area contributed by atoms with Crippen molar-refractivity contribution in [2.45, 2.75) is 19.9 Å². The first-order chi connectivity index (χ1) is 15.2. The zero-order valence-corrected chi connectivity index (χ0v) is 18.5. The molecule has 1 saturated heterocycles. The first kappa shape index (κ1) is 21.5. The number of ether oxygens (including phenoxy) is 2. The number of anilines is 1. The van der Waals surface area contributed by atoms with Gasteiger partial charge in [-0.05, 0) is 42.8 Å². The number of hydrogen-bond donors (Lipinski definition) is 1. The fourth-order valence-corrected chi connectivity index (χ4v) is 4.33. The molecular formula is C24H27N3O3S. The third-order valence-electron chi connectivity index (χ3n) is 5.03. The maximum absolute atomic E-state index is 12.4. The van der Waals surface area contributed by atoms with E-state index >= 15 is 0 Å². The average molecular weight is 438 g/mol. The van der Waals surface area contributed by atoms with Crippen molar-refractivity contribution in [1.82, 2.24) is 9.88 Å². The van der Waals surface area contributed by atoms with Crippen LogP contribution < -0.4 is 10.1 Å². The molecule has 0 spiro atoms. The van der Waals surface area contributed by atoms with Crippen molar-refractivity contribution < 1.29 is 14.3 Å². The lowest BCUT2D eigenvalue weighted by atomic mass is 10.1. The zero-order chi connectivity index (χ0) is 21.5. The van der Waals surface area contributed by atoms with Crippen molar-refractivity contribution in [3.63, 3.8) is 0 Å². The molecule has 7 heteroatoms. The lowest BCUT2D eigenvalue weighted by Crippen LogP contribution is -2.35. The summed E-state index contributed by atoms with van der Waals surface area (Å²) >= 11 is 1.57. The molecule has 0 saturated carbocycles. The fourth-order valence-electron chi connectivity index (χ4n) is 3.51. The van der Waals surface area contributed by atoms with Crippen molar-refractivity contribution in [2.75, 3.05) is 38.2 Å². The molecule has 1 aromatic heterocycles. The monoisotopic (exact) mass is 437 g/mol. The van der Waals surface area contributed by atoms with Crippen LogP contribution in [0.15, 0.2) is 53.9 Å². The largest absolute Gasteiger partial charge is 0.494 e. The van der Waals surface area contributed by atoms with E-state index in [9.17, 15) is 4.79 Å². The smallest absolute Gasteiger partial charge is 0.230 e. The minimum atomic E-state index is -0.0814. The molecule has 0 radical (unpaired) electrons. The van der Waals surface area contributed by atoms with Crippen LogP contribution in [0.2, 0.25) is 0 Å². The maximum Gasteiger partial charge on any atom is 0.230 e. The second-order valence-electron chi connectivity index (χ2n) is 7.42. The van der Waals surface area contributed by atoms with Crippen LogP contribution in [-0.2, 0) is 22.5 Å². The lowest BCUT2D eigenvalue weighted by molar-refractivity contribution is -0.115. The molecule has 0 aliphatic carbocycles. The van der Waals surface area contributed by atoms with Crippen LogP contribution in [0.5, 0.6) is 5.75 Å². The maximum atomic E-state index is 12.4. The van der Waals surface area contributed by atoms with Crippen LogP contribution in [0, 0.1) is 0 Å². The van der Waals surface area contributed by atoms with Crippen molar-refractivity contribution >= 4 is 22.9 Å². The number of carbonyl (C=O) groups is 1. The number of morpholine rings is 1. The number of amides is 1. The summed E-state index contributed by atoms with van der Waals surface area (Å²) in [4.78, 5) is 19.5. The number of rotatable bonds is 8. The molecule has 0 unspecified atom stereocenters. The van der Waals surface area contributed by atoms with E-state index in [1.807, 2.05) is 36.6 Å². The number of hydrogen-bond acceptors (Lipinski definition) is 6. The molecule has 31 heavy (non-hydrogen) atoms. The first-order valence-electron chi connectivity index (χ1n) is 10.6. The standard InChI is InChI=1S/C24H27N3O3S/c1-2-30-22-8-6-20(7-9-22)25-23(28)15-21-17-31-24(26-21)19-5-3-4-18(14-19)16-27-10-12-29-13-11-27/h3-9,14,17H,2,10-13,15-16H2,1H3,(H,25,28). The van der Waals surface area contributed by atoms with E-state index < -0.39 is 0 Å². The lowest BCUT2D eigenvalue weighted by Gasteiger charge is -2.26. The Hall–Kier alpha value is -2.74. The molecular weight excluding hydrogens is 410 g/mol. The van der Waals surface area contributed by atoms with Gasteiger partial charge >= 0.3 is 0 Å². The minimum absolute atomic E-state index is 0.0814. The molecule has 0 bridgehead atoms. The Kier molecular flexibility index (Phi) is 7.30. The van der Waals surface area contributed by atoms with Crippen LogP contribution in [0.3, 0.4) is 0 Å². The normalized spacial score (nSPS) is 14.4. The van der Waals surface area contributed by atoms with E-state index in [0.29, 0.717) is 6.61 Å². The molecule has 4 rings (SSSR count). The Bertz CT molecular complexity index is 997. The zero-order valence-electron chi connectivity index (χ0n) is 17.7. The highest BCUT2D eigenvalue weighted by molar-refractivity contribution is 7.13. The summed E-state index contributed by atoms with van der Waals surface area (Å²) in [7, 11) is 0. The van der Waals surface area contributed by atoms with Gasteiger partial charge in [-0.25, -0.2) is 4.98 Å². The Morgan fingerprint density at radius 3 is 2.77 bits per heavy atom. The van der Waals surface area contributed by atoms with Gasteiger partial charge in [0.25, 0.3) is 0 Å². The molecule has 2 heterocycles. The summed E-state index contributed by atoms with van der Waals surface area (Å²) in [5.41, 5.74) is 3.89. The predicted octanol–water partition coefficient (Wildman–Crippen LogP) is 4.22. The van der Waals surface area contributed by atoms with Crippen LogP contribution in [0.1, 0.15) is 18.2 Å². The average Bonchev–Trinajstić information content (AvgIpc) is 3.25. The summed E-state index contributed by atoms with van der Waals surface area (Å²) in [6.07, 6.45) is 0.247. The molecule has 1 fully saturated rings. The highest BCUT2D eigenvalue weighted by Gasteiger charge is 2.13. The fraction of sp³-hybridized carbons (Fsp3) is 0.333. The van der Waals surface area contributed by atoms with Gasteiger partial charge in [-0.1, -0.05) is 18.2 Å². The van der Waals surface area contributed by atoms with E-state index in [1.165, 1.54) is 5.56 Å². The van der Waals surface area contributed by atoms with E-state index in [-0.39, 0.29) is 12.3 Å². The third kappa shape index (κ3) is 6.13. The van der Waals surface area contributed by atoms with Crippen LogP contribution >= 0.6 is 11.3 Å². The van der Waals surface area contributed by atoms with Crippen molar-refractivity contribution in [1.29, 1.82) is 0 Å². The number of aromatic nitrogens is 1. The van der Waals surface area contributed by atoms with Crippen molar-refractivity contribution in [3.05, 3.63) is 65.2 Å². The van der Waals surface area contributed by atoms with Gasteiger partial charge in [0.15, 0.2) is 0 Å². The van der Waals surface area contributed by atoms with Crippen molar-refractivity contribution in [3.8, 4) is 16.3 Å². The number of thiazole rings is 1. The van der Waals surface area contributed by atoms with Gasteiger partial charge in [0.1, 0.15) is 10.8 Å². The number of carbonyl (C=O) groups excluding carboxylic acids is 1. The first-order valence-corrected chi connectivity index (χ1v) is 11.4. The topological polar surface area (TPSA) is 63.7 Å². The number of benzene rings is 2. The Labute approximate surface area is 186 Å². The molecule has 1 aliphatic rings. The molecule has 1 amide bonds. The highest BCUT2D eigenvalue weighted by Crippen LogP contribution is 2.25. The van der Waals surface area contributed by atoms with Gasteiger partial charge in [-0.15, -0.1) is 11.3 Å². The number of nitrogens with zero attached hydrogens (tertiary/aromatic N) is 2. The van der Waals surface area contributed by atoms with Crippen LogP contribution in [0.25, 0.3) is 10.6 Å². The molecule has 1 aliphatic heterocycles. The van der Waals surface area contributed by atoms with E-state index in [2.05, 4.69) is 34.5 Å². The second-order valence-corrected chi connectivity index (χ2v) is 8.27. The van der Waals surface area contributed by atoms with E-state index in [0.717, 1.165) is 60.5 Å². The molecule has 1 N–H and O–H groups in total.